The van der Waals surface area contributed by atoms with Crippen molar-refractivity contribution in [1.82, 2.24) is 15.4 Å². The predicted molar refractivity (Wildman–Crippen MR) is 100 cm³/mol. The van der Waals surface area contributed by atoms with Gasteiger partial charge in [0.05, 0.1) is 0 Å². The average Bonchev–Trinajstić information content (AvgIpc) is 3.38. The first-order chi connectivity index (χ1) is 13.0. The van der Waals surface area contributed by atoms with Gasteiger partial charge in [-0.25, -0.2) is 0 Å². The van der Waals surface area contributed by atoms with Crippen molar-refractivity contribution in [2.75, 3.05) is 6.54 Å². The van der Waals surface area contributed by atoms with Gasteiger partial charge in [-0.1, -0.05) is 11.6 Å². The molecular formula is C20H30N4O3. The number of nitrogens with one attached hydrogen (secondary N) is 1. The molecule has 27 heavy (non-hydrogen) atoms. The Hall–Kier alpha value is -1.89. The number of carbonyl (C=O) groups is 2. The molecule has 4 atom stereocenters. The topological polar surface area (TPSA) is 101 Å². The molecule has 148 valence electrons. The van der Waals surface area contributed by atoms with Crippen molar-refractivity contribution in [1.29, 1.82) is 0 Å². The fourth-order valence-electron chi connectivity index (χ4n) is 4.53. The van der Waals surface area contributed by atoms with E-state index in [0.717, 1.165) is 57.1 Å². The molecule has 1 unspecified atom stereocenters. The van der Waals surface area contributed by atoms with E-state index in [2.05, 4.69) is 17.4 Å². The van der Waals surface area contributed by atoms with Gasteiger partial charge in [0.15, 0.2) is 5.69 Å². The summed E-state index contributed by atoms with van der Waals surface area (Å²) in [5, 5.41) is 6.97. The van der Waals surface area contributed by atoms with Crippen molar-refractivity contribution in [3.8, 4) is 0 Å². The van der Waals surface area contributed by atoms with Gasteiger partial charge in [-0.3, -0.25) is 9.59 Å². The van der Waals surface area contributed by atoms with Crippen LogP contribution in [0.5, 0.6) is 0 Å². The molecule has 3 aliphatic rings. The van der Waals surface area contributed by atoms with Crippen molar-refractivity contribution in [3.63, 3.8) is 0 Å². The lowest BCUT2D eigenvalue weighted by molar-refractivity contribution is -0.140. The van der Waals surface area contributed by atoms with Crippen molar-refractivity contribution in [2.24, 2.45) is 11.7 Å². The molecule has 7 nitrogen and oxygen atoms in total. The zero-order chi connectivity index (χ0) is 19.0. The minimum absolute atomic E-state index is 0.0613. The van der Waals surface area contributed by atoms with E-state index in [1.54, 1.807) is 6.07 Å². The number of rotatable bonds is 4. The third-order valence-corrected chi connectivity index (χ3v) is 6.30. The Kier molecular flexibility index (Phi) is 5.21. The van der Waals surface area contributed by atoms with Crippen LogP contribution >= 0.6 is 0 Å². The minimum Gasteiger partial charge on any atom is -0.360 e. The molecule has 1 saturated heterocycles. The second kappa shape index (κ2) is 7.62. The number of aromatic nitrogens is 1. The van der Waals surface area contributed by atoms with Gasteiger partial charge in [0, 0.05) is 42.6 Å². The largest absolute Gasteiger partial charge is 0.360 e. The van der Waals surface area contributed by atoms with Crippen molar-refractivity contribution in [3.05, 3.63) is 17.5 Å². The summed E-state index contributed by atoms with van der Waals surface area (Å²) >= 11 is 0. The van der Waals surface area contributed by atoms with Crippen LogP contribution in [0.25, 0.3) is 0 Å². The molecule has 3 N–H and O–H groups in total. The first kappa shape index (κ1) is 18.5. The molecule has 1 aromatic heterocycles. The van der Waals surface area contributed by atoms with Crippen LogP contribution in [0.4, 0.5) is 0 Å². The van der Waals surface area contributed by atoms with Gasteiger partial charge in [-0.2, -0.15) is 0 Å². The lowest BCUT2D eigenvalue weighted by Crippen LogP contribution is -2.53. The third-order valence-electron chi connectivity index (χ3n) is 6.30. The van der Waals surface area contributed by atoms with Gasteiger partial charge in [0.1, 0.15) is 5.76 Å². The van der Waals surface area contributed by atoms with Gasteiger partial charge in [0.2, 0.25) is 5.91 Å². The number of hydrogen-bond acceptors (Lipinski definition) is 5. The highest BCUT2D eigenvalue weighted by Crippen LogP contribution is 2.40. The van der Waals surface area contributed by atoms with Crippen LogP contribution in [0.1, 0.15) is 80.5 Å². The van der Waals surface area contributed by atoms with E-state index in [0.29, 0.717) is 18.2 Å². The maximum atomic E-state index is 12.9. The molecule has 3 fully saturated rings. The van der Waals surface area contributed by atoms with Crippen LogP contribution in [-0.4, -0.2) is 46.5 Å². The summed E-state index contributed by atoms with van der Waals surface area (Å²) < 4.78 is 5.27. The fourth-order valence-corrected chi connectivity index (χ4v) is 4.53. The van der Waals surface area contributed by atoms with Gasteiger partial charge in [0.25, 0.3) is 5.91 Å². The first-order valence-electron chi connectivity index (χ1n) is 10.3. The number of nitrogens with two attached hydrogens (primary N) is 1. The summed E-state index contributed by atoms with van der Waals surface area (Å²) in [5.41, 5.74) is 6.41. The van der Waals surface area contributed by atoms with E-state index in [9.17, 15) is 9.59 Å². The lowest BCUT2D eigenvalue weighted by atomic mass is 9.84. The van der Waals surface area contributed by atoms with E-state index < -0.39 is 0 Å². The molecule has 2 heterocycles. The van der Waals surface area contributed by atoms with Crippen molar-refractivity contribution < 1.29 is 14.1 Å². The Labute approximate surface area is 160 Å². The van der Waals surface area contributed by atoms with Crippen molar-refractivity contribution in [2.45, 2.75) is 82.3 Å². The number of nitrogens with zero attached hydrogens (tertiary/aromatic N) is 2. The SMILES string of the molecule is C[C@H]1CC(NC(=O)c2cc(C3CC3)on2)CCN1C(=O)[C@H]1CCC[C@@H](N)C1. The average molecular weight is 374 g/mol. The Morgan fingerprint density at radius 3 is 2.74 bits per heavy atom. The van der Waals surface area contributed by atoms with Gasteiger partial charge >= 0.3 is 0 Å². The fraction of sp³-hybridized carbons (Fsp3) is 0.750. The number of carbonyl (C=O) groups excluding carboxylic acids is 2. The highest BCUT2D eigenvalue weighted by atomic mass is 16.5. The number of hydrogen-bond donors (Lipinski definition) is 2. The van der Waals surface area contributed by atoms with E-state index in [1.165, 1.54) is 0 Å². The minimum atomic E-state index is -0.180. The summed E-state index contributed by atoms with van der Waals surface area (Å²) in [4.78, 5) is 27.3. The highest BCUT2D eigenvalue weighted by molar-refractivity contribution is 5.92. The number of piperidine rings is 1. The van der Waals surface area contributed by atoms with E-state index >= 15 is 0 Å². The smallest absolute Gasteiger partial charge is 0.273 e. The molecule has 7 heteroatoms. The van der Waals surface area contributed by atoms with Gasteiger partial charge in [-0.05, 0) is 51.9 Å². The van der Waals surface area contributed by atoms with Crippen LogP contribution < -0.4 is 11.1 Å². The number of likely N-dealkylation sites (tertiary alicyclic amines) is 1. The second-order valence-corrected chi connectivity index (χ2v) is 8.59. The van der Waals surface area contributed by atoms with Crippen LogP contribution in [0.3, 0.4) is 0 Å². The molecule has 2 aliphatic carbocycles. The lowest BCUT2D eigenvalue weighted by Gasteiger charge is -2.40. The zero-order valence-corrected chi connectivity index (χ0v) is 16.0. The summed E-state index contributed by atoms with van der Waals surface area (Å²) in [6, 6.07) is 2.10. The predicted octanol–water partition coefficient (Wildman–Crippen LogP) is 2.18. The molecule has 1 aromatic rings. The normalized spacial score (nSPS) is 31.6. The Morgan fingerprint density at radius 2 is 2.04 bits per heavy atom. The van der Waals surface area contributed by atoms with Crippen LogP contribution in [0.2, 0.25) is 0 Å². The standard InChI is InChI=1S/C20H30N4O3/c1-12-9-16(22-19(25)17-11-18(27-23-17)13-5-6-13)7-8-24(12)20(26)14-3-2-4-15(21)10-14/h11-16H,2-10,21H2,1H3,(H,22,25)/t12-,14-,15+,16?/m0/s1. The second-order valence-electron chi connectivity index (χ2n) is 8.59. The molecule has 1 aliphatic heterocycles. The molecule has 4 rings (SSSR count). The van der Waals surface area contributed by atoms with E-state index in [4.69, 9.17) is 10.3 Å². The maximum absolute atomic E-state index is 12.9. The summed E-state index contributed by atoms with van der Waals surface area (Å²) in [6.07, 6.45) is 7.59. The molecule has 0 spiro atoms. The Morgan fingerprint density at radius 1 is 1.22 bits per heavy atom. The Bertz CT molecular complexity index is 699. The monoisotopic (exact) mass is 374 g/mol. The zero-order valence-electron chi connectivity index (χ0n) is 16.0. The number of amides is 2. The van der Waals surface area contributed by atoms with Crippen molar-refractivity contribution >= 4 is 11.8 Å². The van der Waals surface area contributed by atoms with E-state index in [-0.39, 0.29) is 35.9 Å². The summed E-state index contributed by atoms with van der Waals surface area (Å²) in [7, 11) is 0. The first-order valence-corrected chi connectivity index (χ1v) is 10.3. The molecule has 0 radical (unpaired) electrons. The highest BCUT2D eigenvalue weighted by Gasteiger charge is 2.35. The molecular weight excluding hydrogens is 344 g/mol. The molecule has 0 aromatic carbocycles. The maximum Gasteiger partial charge on any atom is 0.273 e. The molecule has 0 bridgehead atoms. The Balaban J connectivity index is 1.30. The quantitative estimate of drug-likeness (QED) is 0.841. The third kappa shape index (κ3) is 4.18. The van der Waals surface area contributed by atoms with E-state index in [1.807, 2.05) is 4.90 Å². The van der Waals surface area contributed by atoms with Crippen LogP contribution in [-0.2, 0) is 4.79 Å². The molecule has 2 amide bonds. The summed E-state index contributed by atoms with van der Waals surface area (Å²) in [6.45, 7) is 2.75. The molecule has 2 saturated carbocycles. The summed E-state index contributed by atoms with van der Waals surface area (Å²) in [5.74, 6) is 1.40. The van der Waals surface area contributed by atoms with Gasteiger partial charge in [-0.15, -0.1) is 0 Å². The van der Waals surface area contributed by atoms with Gasteiger partial charge < -0.3 is 20.5 Å². The van der Waals surface area contributed by atoms with Crippen LogP contribution in [0.15, 0.2) is 10.6 Å². The van der Waals surface area contributed by atoms with Crippen LogP contribution in [0, 0.1) is 5.92 Å².